The zero-order valence-electron chi connectivity index (χ0n) is 23.4. The van der Waals surface area contributed by atoms with Crippen LogP contribution in [0.4, 0.5) is 4.79 Å². The van der Waals surface area contributed by atoms with Crippen LogP contribution < -0.4 is 33.9 Å². The first kappa shape index (κ1) is 30.9. The van der Waals surface area contributed by atoms with Crippen LogP contribution in [-0.4, -0.2) is 35.4 Å². The Labute approximate surface area is 253 Å². The molecular weight excluding hydrogens is 617 g/mol. The monoisotopic (exact) mass is 652 g/mol. The van der Waals surface area contributed by atoms with Crippen LogP contribution in [0, 0.1) is 6.33 Å². The normalized spacial score (nSPS) is 12.1. The number of ether oxygens (including phenoxy) is 2. The van der Waals surface area contributed by atoms with Gasteiger partial charge in [0, 0.05) is 23.1 Å². The van der Waals surface area contributed by atoms with Crippen molar-refractivity contribution in [3.8, 4) is 0 Å². The highest BCUT2D eigenvalue weighted by Crippen LogP contribution is 2.36. The van der Waals surface area contributed by atoms with Gasteiger partial charge in [-0.2, -0.15) is 0 Å². The Morgan fingerprint density at radius 2 is 1.32 bits per heavy atom. The number of aryl methyl sites for hydroxylation is 1. The fourth-order valence-corrected chi connectivity index (χ4v) is 4.80. The van der Waals surface area contributed by atoms with Crippen molar-refractivity contribution in [2.24, 2.45) is 7.05 Å². The Kier molecular flexibility index (Phi) is 10.1. The van der Waals surface area contributed by atoms with E-state index in [1.54, 1.807) is 20.8 Å². The van der Waals surface area contributed by atoms with Gasteiger partial charge in [-0.05, 0) is 20.8 Å². The summed E-state index contributed by atoms with van der Waals surface area (Å²) in [6.45, 7) is 5.31. The molecule has 3 aromatic carbocycles. The smallest absolute Gasteiger partial charge is 0.408 e. The number of rotatable bonds is 8. The van der Waals surface area contributed by atoms with Gasteiger partial charge in [0.2, 0.25) is 0 Å². The Morgan fingerprint density at radius 3 is 1.73 bits per heavy atom. The molecule has 8 heteroatoms. The third-order valence-electron chi connectivity index (χ3n) is 6.49. The van der Waals surface area contributed by atoms with E-state index in [0.717, 1.165) is 22.4 Å². The van der Waals surface area contributed by atoms with Crippen LogP contribution in [0.15, 0.2) is 97.2 Å². The van der Waals surface area contributed by atoms with Crippen LogP contribution in [-0.2, 0) is 33.3 Å². The first-order valence-electron chi connectivity index (χ1n) is 12.9. The summed E-state index contributed by atoms with van der Waals surface area (Å²) in [5.41, 5.74) is 2.48. The number of esters is 1. The van der Waals surface area contributed by atoms with Crippen molar-refractivity contribution >= 4 is 12.1 Å². The lowest BCUT2D eigenvalue weighted by atomic mass is 9.77. The molecule has 1 unspecified atom stereocenters. The summed E-state index contributed by atoms with van der Waals surface area (Å²) in [6, 6.07) is 29.8. The Bertz CT molecular complexity index is 1300. The van der Waals surface area contributed by atoms with Crippen molar-refractivity contribution < 1.29 is 47.6 Å². The van der Waals surface area contributed by atoms with E-state index in [1.807, 2.05) is 77.0 Å². The number of aromatic nitrogens is 2. The molecule has 0 fully saturated rings. The van der Waals surface area contributed by atoms with Gasteiger partial charge < -0.3 is 38.8 Å². The second-order valence-corrected chi connectivity index (χ2v) is 10.4. The summed E-state index contributed by atoms with van der Waals surface area (Å²) < 4.78 is 14.3. The molecule has 4 aromatic rings. The lowest BCUT2D eigenvalue weighted by molar-refractivity contribution is -0.737. The highest BCUT2D eigenvalue weighted by atomic mass is 127. The quantitative estimate of drug-likeness (QED) is 0.136. The first-order valence-corrected chi connectivity index (χ1v) is 12.9. The van der Waals surface area contributed by atoms with Gasteiger partial charge in [0.25, 0.3) is 0 Å². The predicted octanol–water partition coefficient (Wildman–Crippen LogP) is 1.57. The van der Waals surface area contributed by atoms with Crippen molar-refractivity contribution in [3.63, 3.8) is 0 Å². The predicted molar refractivity (Wildman–Crippen MR) is 148 cm³/mol. The summed E-state index contributed by atoms with van der Waals surface area (Å²) in [6.07, 6.45) is 4.94. The number of alkyl carbamates (subject to hydrolysis) is 1. The number of carbonyl (C=O) groups is 2. The van der Waals surface area contributed by atoms with E-state index in [2.05, 4.69) is 48.0 Å². The second-order valence-electron chi connectivity index (χ2n) is 10.4. The van der Waals surface area contributed by atoms with E-state index in [-0.39, 0.29) is 30.4 Å². The van der Waals surface area contributed by atoms with E-state index in [0.29, 0.717) is 0 Å². The minimum Gasteiger partial charge on any atom is -1.00 e. The summed E-state index contributed by atoms with van der Waals surface area (Å²) in [4.78, 5) is 25.2. The van der Waals surface area contributed by atoms with Gasteiger partial charge in [-0.15, -0.1) is 0 Å². The number of nitrogens with one attached hydrogen (secondary N) is 1. The molecule has 4 rings (SSSR count). The maximum absolute atomic E-state index is 12.7. The Balaban J connectivity index is 0.00000441. The van der Waals surface area contributed by atoms with Crippen LogP contribution in [0.3, 0.4) is 0 Å². The number of nitrogens with zero attached hydrogens (tertiary/aromatic N) is 2. The molecular formula is C32H35IN3O4. The molecule has 1 amide bonds. The molecule has 0 saturated carbocycles. The van der Waals surface area contributed by atoms with Crippen LogP contribution in [0.1, 0.15) is 43.2 Å². The third-order valence-corrected chi connectivity index (χ3v) is 6.49. The number of benzene rings is 3. The second kappa shape index (κ2) is 13.1. The van der Waals surface area contributed by atoms with Gasteiger partial charge in [-0.25, -0.2) is 18.7 Å². The molecule has 0 aliphatic heterocycles. The van der Waals surface area contributed by atoms with Crippen molar-refractivity contribution in [1.82, 2.24) is 9.88 Å². The SMILES string of the molecule is COC(=O)C(Cc1c[n+](C(c2ccccc2)(c2ccccc2)c2ccccc2)[c]n1C)NC(=O)OC(C)(C)C.[I-]. The number of methoxy groups -OCH3 is 1. The number of carbonyl (C=O) groups excluding carboxylic acids is 2. The fourth-order valence-electron chi connectivity index (χ4n) is 4.80. The maximum Gasteiger partial charge on any atom is 0.408 e. The van der Waals surface area contributed by atoms with Crippen molar-refractivity contribution in [2.45, 2.75) is 44.4 Å². The number of hydrogen-bond donors (Lipinski definition) is 1. The minimum atomic E-state index is -0.945. The van der Waals surface area contributed by atoms with E-state index >= 15 is 0 Å². The topological polar surface area (TPSA) is 73.4 Å². The van der Waals surface area contributed by atoms with Crippen LogP contribution >= 0.6 is 0 Å². The van der Waals surface area contributed by atoms with Gasteiger partial charge in [0.05, 0.1) is 14.2 Å². The lowest BCUT2D eigenvalue weighted by Crippen LogP contribution is -3.00. The van der Waals surface area contributed by atoms with Crippen LogP contribution in [0.2, 0.25) is 0 Å². The van der Waals surface area contributed by atoms with Gasteiger partial charge >= 0.3 is 18.4 Å². The molecule has 0 aliphatic carbocycles. The first-order chi connectivity index (χ1) is 18.6. The van der Waals surface area contributed by atoms with Gasteiger partial charge in [-0.3, -0.25) is 0 Å². The lowest BCUT2D eigenvalue weighted by Gasteiger charge is -2.32. The highest BCUT2D eigenvalue weighted by molar-refractivity contribution is 5.81. The molecule has 40 heavy (non-hydrogen) atoms. The summed E-state index contributed by atoms with van der Waals surface area (Å²) in [7, 11) is 3.17. The molecule has 0 saturated heterocycles. The molecule has 7 nitrogen and oxygen atoms in total. The fraction of sp³-hybridized carbons (Fsp3) is 0.281. The summed E-state index contributed by atoms with van der Waals surface area (Å²) in [5, 5.41) is 2.67. The van der Waals surface area contributed by atoms with E-state index < -0.39 is 29.2 Å². The Hall–Kier alpha value is -3.66. The Morgan fingerprint density at radius 1 is 0.875 bits per heavy atom. The molecule has 1 atom stereocenters. The van der Waals surface area contributed by atoms with Crippen molar-refractivity contribution in [3.05, 3.63) is 126 Å². The number of halogens is 1. The largest absolute Gasteiger partial charge is 1.00 e. The molecule has 1 radical (unpaired) electrons. The average Bonchev–Trinajstić information content (AvgIpc) is 3.29. The average molecular weight is 653 g/mol. The molecule has 1 aromatic heterocycles. The number of imidazole rings is 1. The molecule has 0 bridgehead atoms. The van der Waals surface area contributed by atoms with Crippen molar-refractivity contribution in [1.29, 1.82) is 0 Å². The van der Waals surface area contributed by atoms with E-state index in [1.165, 1.54) is 7.11 Å². The molecule has 209 valence electrons. The summed E-state index contributed by atoms with van der Waals surface area (Å²) in [5.74, 6) is -0.561. The standard InChI is InChI=1S/C32H35N3O4.HI/c1-31(2,3)39-30(37)33-28(29(36)38-5)21-27-22-35(23-34(27)4)32(24-15-9-6-10-16-24,25-17-11-7-12-18-25)26-19-13-8-14-20-26;/h6-20,22,28H,21H2,1-5H3,(H,33,37);1H/q+1;/p-1. The third kappa shape index (κ3) is 6.72. The zero-order chi connectivity index (χ0) is 28.0. The van der Waals surface area contributed by atoms with Crippen LogP contribution in [0.25, 0.3) is 0 Å². The number of hydrogen-bond acceptors (Lipinski definition) is 4. The highest BCUT2D eigenvalue weighted by Gasteiger charge is 2.44. The molecule has 1 N–H and O–H groups in total. The zero-order valence-corrected chi connectivity index (χ0v) is 25.6. The number of amides is 1. The molecule has 1 heterocycles. The van der Waals surface area contributed by atoms with E-state index in [9.17, 15) is 9.59 Å². The summed E-state index contributed by atoms with van der Waals surface area (Å²) >= 11 is 0. The van der Waals surface area contributed by atoms with Crippen LogP contribution in [0.5, 0.6) is 0 Å². The molecule has 0 spiro atoms. The van der Waals surface area contributed by atoms with Crippen molar-refractivity contribution in [2.75, 3.05) is 7.11 Å². The van der Waals surface area contributed by atoms with E-state index in [4.69, 9.17) is 9.47 Å². The van der Waals surface area contributed by atoms with Gasteiger partial charge in [-0.1, -0.05) is 91.0 Å². The van der Waals surface area contributed by atoms with Gasteiger partial charge in [0.15, 0.2) is 5.54 Å². The minimum absolute atomic E-state index is 0. The maximum atomic E-state index is 12.7. The molecule has 0 aliphatic rings. The van der Waals surface area contributed by atoms with Gasteiger partial charge in [0.1, 0.15) is 23.5 Å².